The number of nitrogens with one attached hydrogen (secondary N) is 1. The third kappa shape index (κ3) is 6.76. The summed E-state index contributed by atoms with van der Waals surface area (Å²) in [6.07, 6.45) is 9.90. The van der Waals surface area contributed by atoms with Crippen LogP contribution in [0.15, 0.2) is 38.9 Å². The first-order valence-corrected chi connectivity index (χ1v) is 11.2. The van der Waals surface area contributed by atoms with Crippen molar-refractivity contribution in [3.8, 4) is 0 Å². The highest BCUT2D eigenvalue weighted by Gasteiger charge is 2.27. The van der Waals surface area contributed by atoms with Crippen LogP contribution in [0.4, 0.5) is 0 Å². The quantitative estimate of drug-likeness (QED) is 0.344. The van der Waals surface area contributed by atoms with Crippen LogP contribution in [0.25, 0.3) is 0 Å². The fourth-order valence-corrected chi connectivity index (χ4v) is 4.93. The van der Waals surface area contributed by atoms with Gasteiger partial charge in [-0.15, -0.1) is 0 Å². The summed E-state index contributed by atoms with van der Waals surface area (Å²) in [5, 5.41) is 0.436. The van der Waals surface area contributed by atoms with Gasteiger partial charge in [0.25, 0.3) is 0 Å². The first-order valence-electron chi connectivity index (χ1n) is 9.32. The summed E-state index contributed by atoms with van der Waals surface area (Å²) in [4.78, 5) is 15.8. The van der Waals surface area contributed by atoms with Crippen LogP contribution < -0.4 is 4.72 Å². The number of sulfonamides is 1. The zero-order chi connectivity index (χ0) is 20.6. The molecule has 1 unspecified atom stereocenters. The number of hydrogen-bond acceptors (Lipinski definition) is 6. The number of esters is 1. The number of nitrogens with zero attached hydrogens (tertiary/aromatic N) is 1. The van der Waals surface area contributed by atoms with Gasteiger partial charge in [-0.1, -0.05) is 24.1 Å². The van der Waals surface area contributed by atoms with Crippen LogP contribution in [-0.2, 0) is 24.3 Å². The number of carbonyl (C=O) groups excluding carboxylic acids is 1. The standard InChI is InChI=1S/C19H27ClN2O5S/c1-21-13-15(9-11-19(23)27-16-6-4-3-5-7-16)22-28(24,25)18-12-14(20)8-10-17(18)26-2/h9,11-12,15-16,22H,1,3-8,10,13H2,2H3/b11-9+. The Morgan fingerprint density at radius 2 is 2.11 bits per heavy atom. The van der Waals surface area contributed by atoms with Gasteiger partial charge in [-0.25, -0.2) is 17.9 Å². The van der Waals surface area contributed by atoms with Gasteiger partial charge in [-0.05, 0) is 44.9 Å². The summed E-state index contributed by atoms with van der Waals surface area (Å²) in [6, 6.07) is -0.749. The van der Waals surface area contributed by atoms with Crippen molar-refractivity contribution < 1.29 is 22.7 Å². The van der Waals surface area contributed by atoms with Crippen molar-refractivity contribution in [2.75, 3.05) is 13.7 Å². The van der Waals surface area contributed by atoms with Gasteiger partial charge in [0.2, 0.25) is 10.0 Å². The zero-order valence-corrected chi connectivity index (χ0v) is 17.6. The van der Waals surface area contributed by atoms with Crippen LogP contribution in [0.3, 0.4) is 0 Å². The molecular weight excluding hydrogens is 404 g/mol. The molecule has 2 aliphatic rings. The maximum Gasteiger partial charge on any atom is 0.330 e. The average molecular weight is 431 g/mol. The molecule has 2 aliphatic carbocycles. The summed E-state index contributed by atoms with van der Waals surface area (Å²) in [5.41, 5.74) is 0. The summed E-state index contributed by atoms with van der Waals surface area (Å²) >= 11 is 6.01. The number of methoxy groups -OCH3 is 1. The lowest BCUT2D eigenvalue weighted by Crippen LogP contribution is -2.37. The maximum absolute atomic E-state index is 12.8. The molecule has 1 fully saturated rings. The minimum Gasteiger partial charge on any atom is -0.500 e. The van der Waals surface area contributed by atoms with Crippen molar-refractivity contribution >= 4 is 34.3 Å². The Morgan fingerprint density at radius 3 is 2.75 bits per heavy atom. The predicted octanol–water partition coefficient (Wildman–Crippen LogP) is 3.18. The van der Waals surface area contributed by atoms with Gasteiger partial charge in [-0.3, -0.25) is 4.99 Å². The van der Waals surface area contributed by atoms with Crippen LogP contribution in [0, 0.1) is 0 Å². The number of hydrogen-bond donors (Lipinski definition) is 1. The van der Waals surface area contributed by atoms with Gasteiger partial charge in [0.05, 0.1) is 19.7 Å². The molecule has 9 heteroatoms. The highest BCUT2D eigenvalue weighted by molar-refractivity contribution is 7.93. The van der Waals surface area contributed by atoms with Gasteiger partial charge in [0.1, 0.15) is 16.8 Å². The molecule has 7 nitrogen and oxygen atoms in total. The van der Waals surface area contributed by atoms with Crippen LogP contribution in [-0.4, -0.2) is 46.9 Å². The van der Waals surface area contributed by atoms with E-state index in [-0.39, 0.29) is 17.6 Å². The number of allylic oxidation sites excluding steroid dienone is 3. The lowest BCUT2D eigenvalue weighted by molar-refractivity contribution is -0.144. The van der Waals surface area contributed by atoms with Crippen molar-refractivity contribution in [1.29, 1.82) is 0 Å². The van der Waals surface area contributed by atoms with E-state index in [2.05, 4.69) is 16.4 Å². The van der Waals surface area contributed by atoms with E-state index in [1.165, 1.54) is 25.3 Å². The number of carbonyl (C=O) groups is 1. The maximum atomic E-state index is 12.8. The highest BCUT2D eigenvalue weighted by Crippen LogP contribution is 2.29. The summed E-state index contributed by atoms with van der Waals surface area (Å²) in [5.74, 6) is -0.152. The molecule has 28 heavy (non-hydrogen) atoms. The molecule has 0 radical (unpaired) electrons. The average Bonchev–Trinajstić information content (AvgIpc) is 2.67. The highest BCUT2D eigenvalue weighted by atomic mass is 35.5. The van der Waals surface area contributed by atoms with Crippen molar-refractivity contribution in [1.82, 2.24) is 4.72 Å². The van der Waals surface area contributed by atoms with Crippen LogP contribution in [0.1, 0.15) is 44.9 Å². The smallest absolute Gasteiger partial charge is 0.330 e. The van der Waals surface area contributed by atoms with E-state index < -0.39 is 22.0 Å². The Balaban J connectivity index is 2.07. The fourth-order valence-electron chi connectivity index (χ4n) is 3.20. The summed E-state index contributed by atoms with van der Waals surface area (Å²) in [7, 11) is -2.50. The Bertz CT molecular complexity index is 767. The molecule has 1 atom stereocenters. The third-order valence-corrected chi connectivity index (χ3v) is 6.46. The molecule has 1 saturated carbocycles. The second-order valence-electron chi connectivity index (χ2n) is 6.77. The van der Waals surface area contributed by atoms with Gasteiger partial charge in [0, 0.05) is 17.5 Å². The number of halogens is 1. The molecular formula is C19H27ClN2O5S. The summed E-state index contributed by atoms with van der Waals surface area (Å²) in [6.45, 7) is 3.47. The van der Waals surface area contributed by atoms with Gasteiger partial charge in [0.15, 0.2) is 0 Å². The number of rotatable bonds is 9. The van der Waals surface area contributed by atoms with Crippen molar-refractivity contribution in [3.05, 3.63) is 33.9 Å². The summed E-state index contributed by atoms with van der Waals surface area (Å²) < 4.78 is 38.7. The molecule has 0 saturated heterocycles. The Labute approximate surface area is 171 Å². The molecule has 0 bridgehead atoms. The zero-order valence-electron chi connectivity index (χ0n) is 16.0. The third-order valence-electron chi connectivity index (χ3n) is 4.62. The van der Waals surface area contributed by atoms with Gasteiger partial charge in [-0.2, -0.15) is 0 Å². The van der Waals surface area contributed by atoms with Crippen LogP contribution in [0.2, 0.25) is 0 Å². The molecule has 0 aromatic rings. The molecule has 0 spiro atoms. The van der Waals surface area contributed by atoms with Crippen LogP contribution in [0.5, 0.6) is 0 Å². The van der Waals surface area contributed by atoms with E-state index in [0.717, 1.165) is 32.1 Å². The van der Waals surface area contributed by atoms with E-state index in [1.54, 1.807) is 0 Å². The topological polar surface area (TPSA) is 94.1 Å². The van der Waals surface area contributed by atoms with Crippen molar-refractivity contribution in [2.24, 2.45) is 4.99 Å². The second kappa shape index (κ2) is 10.8. The Hall–Kier alpha value is -1.64. The molecule has 0 aromatic carbocycles. The predicted molar refractivity (Wildman–Crippen MR) is 110 cm³/mol. The molecule has 0 amide bonds. The van der Waals surface area contributed by atoms with Crippen molar-refractivity contribution in [2.45, 2.75) is 57.1 Å². The first kappa shape index (κ1) is 22.6. The minimum absolute atomic E-state index is 0.0153. The normalized spacial score (nSPS) is 20.0. The van der Waals surface area contributed by atoms with E-state index in [0.29, 0.717) is 23.6 Å². The Kier molecular flexibility index (Phi) is 8.72. The van der Waals surface area contributed by atoms with Crippen molar-refractivity contribution in [3.63, 3.8) is 0 Å². The molecule has 156 valence electrons. The first-order chi connectivity index (χ1) is 13.4. The van der Waals surface area contributed by atoms with E-state index >= 15 is 0 Å². The number of ether oxygens (including phenoxy) is 2. The monoisotopic (exact) mass is 430 g/mol. The Morgan fingerprint density at radius 1 is 1.39 bits per heavy atom. The largest absolute Gasteiger partial charge is 0.500 e. The molecule has 2 rings (SSSR count). The minimum atomic E-state index is -3.92. The molecule has 0 aromatic heterocycles. The van der Waals surface area contributed by atoms with Gasteiger partial charge < -0.3 is 9.47 Å². The van der Waals surface area contributed by atoms with Gasteiger partial charge >= 0.3 is 5.97 Å². The SMILES string of the molecule is C=NCC(/C=C/C(=O)OC1CCCCC1)NS(=O)(=O)C1=C(OC)CCC(Cl)=C1. The fraction of sp³-hybridized carbons (Fsp3) is 0.579. The van der Waals surface area contributed by atoms with E-state index in [9.17, 15) is 13.2 Å². The molecule has 0 aliphatic heterocycles. The van der Waals surface area contributed by atoms with Crippen LogP contribution >= 0.6 is 11.6 Å². The lowest BCUT2D eigenvalue weighted by Gasteiger charge is -2.21. The molecule has 1 N–H and O–H groups in total. The van der Waals surface area contributed by atoms with E-state index in [4.69, 9.17) is 21.1 Å². The van der Waals surface area contributed by atoms with E-state index in [1.807, 2.05) is 0 Å². The number of aliphatic imine (C=N–C) groups is 1. The molecule has 0 heterocycles. The second-order valence-corrected chi connectivity index (χ2v) is 8.94. The lowest BCUT2D eigenvalue weighted by atomic mass is 9.98.